The van der Waals surface area contributed by atoms with Gasteiger partial charge in [-0.2, -0.15) is 0 Å². The third-order valence-corrected chi connectivity index (χ3v) is 4.11. The van der Waals surface area contributed by atoms with Crippen LogP contribution in [0.3, 0.4) is 0 Å². The van der Waals surface area contributed by atoms with Gasteiger partial charge in [-0.15, -0.1) is 0 Å². The molecule has 0 unspecified atom stereocenters. The lowest BCUT2D eigenvalue weighted by Crippen LogP contribution is -2.36. The lowest BCUT2D eigenvalue weighted by Gasteiger charge is -2.26. The van der Waals surface area contributed by atoms with Crippen molar-refractivity contribution in [2.75, 3.05) is 6.61 Å². The number of hydrogen-bond acceptors (Lipinski definition) is 4. The molecule has 2 aromatic rings. The van der Waals surface area contributed by atoms with Gasteiger partial charge in [0.25, 0.3) is 5.91 Å². The molecule has 0 spiro atoms. The number of nitrogens with zero attached hydrogens (tertiary/aromatic N) is 3. The van der Waals surface area contributed by atoms with Crippen molar-refractivity contribution in [1.82, 2.24) is 14.9 Å². The lowest BCUT2D eigenvalue weighted by molar-refractivity contribution is 0.0689. The van der Waals surface area contributed by atoms with Gasteiger partial charge >= 0.3 is 0 Å². The fourth-order valence-electron chi connectivity index (χ4n) is 2.42. The summed E-state index contributed by atoms with van der Waals surface area (Å²) in [5.74, 6) is 1.24. The Bertz CT molecular complexity index is 667. The summed E-state index contributed by atoms with van der Waals surface area (Å²) in [5, 5.41) is 0. The van der Waals surface area contributed by atoms with Crippen LogP contribution in [0.2, 0.25) is 0 Å². The van der Waals surface area contributed by atoms with Crippen LogP contribution in [0, 0.1) is 5.92 Å². The van der Waals surface area contributed by atoms with Crippen molar-refractivity contribution < 1.29 is 9.53 Å². The largest absolute Gasteiger partial charge is 0.477 e. The monoisotopic (exact) mass is 325 g/mol. The first kappa shape index (κ1) is 16.4. The van der Waals surface area contributed by atoms with Crippen molar-refractivity contribution in [3.05, 3.63) is 54.0 Å². The zero-order chi connectivity index (χ0) is 16.9. The molecule has 3 rings (SSSR count). The highest BCUT2D eigenvalue weighted by molar-refractivity contribution is 5.94. The molecule has 5 heteroatoms. The SMILES string of the molecule is CC(C)N(Cc1cccnc1)C(=O)c1ccc(OCC2CC2)nc1. The second-order valence-corrected chi connectivity index (χ2v) is 6.53. The number of carbonyl (C=O) groups excluding carboxylic acids is 1. The standard InChI is InChI=1S/C19H23N3O2/c1-14(2)22(12-16-4-3-9-20-10-16)19(23)17-7-8-18(21-11-17)24-13-15-5-6-15/h3-4,7-11,14-15H,5-6,12-13H2,1-2H3. The van der Waals surface area contributed by atoms with Crippen LogP contribution in [0.1, 0.15) is 42.6 Å². The van der Waals surface area contributed by atoms with Crippen LogP contribution in [0.4, 0.5) is 0 Å². The van der Waals surface area contributed by atoms with Gasteiger partial charge in [-0.1, -0.05) is 6.07 Å². The number of ether oxygens (including phenoxy) is 1. The van der Waals surface area contributed by atoms with Gasteiger partial charge in [0.05, 0.1) is 12.2 Å². The number of aromatic nitrogens is 2. The third kappa shape index (κ3) is 4.31. The van der Waals surface area contributed by atoms with E-state index in [9.17, 15) is 4.79 Å². The van der Waals surface area contributed by atoms with Gasteiger partial charge in [-0.3, -0.25) is 9.78 Å². The molecule has 1 saturated carbocycles. The maximum atomic E-state index is 12.8. The van der Waals surface area contributed by atoms with Crippen molar-refractivity contribution in [1.29, 1.82) is 0 Å². The molecule has 0 saturated heterocycles. The van der Waals surface area contributed by atoms with Gasteiger partial charge in [0.2, 0.25) is 5.88 Å². The molecule has 1 aliphatic rings. The molecule has 0 N–H and O–H groups in total. The maximum absolute atomic E-state index is 12.8. The summed E-state index contributed by atoms with van der Waals surface area (Å²) in [5.41, 5.74) is 1.59. The molecule has 0 aliphatic heterocycles. The van der Waals surface area contributed by atoms with Crippen LogP contribution >= 0.6 is 0 Å². The zero-order valence-corrected chi connectivity index (χ0v) is 14.2. The Labute approximate surface area is 142 Å². The molecule has 24 heavy (non-hydrogen) atoms. The predicted octanol–water partition coefficient (Wildman–Crippen LogP) is 3.32. The van der Waals surface area contributed by atoms with E-state index in [2.05, 4.69) is 9.97 Å². The molecular weight excluding hydrogens is 302 g/mol. The minimum Gasteiger partial charge on any atom is -0.477 e. The van der Waals surface area contributed by atoms with Crippen LogP contribution in [0.5, 0.6) is 5.88 Å². The van der Waals surface area contributed by atoms with Crippen molar-refractivity contribution in [3.8, 4) is 5.88 Å². The highest BCUT2D eigenvalue weighted by atomic mass is 16.5. The van der Waals surface area contributed by atoms with E-state index < -0.39 is 0 Å². The summed E-state index contributed by atoms with van der Waals surface area (Å²) in [6, 6.07) is 7.51. The first-order chi connectivity index (χ1) is 11.6. The molecule has 0 atom stereocenters. The summed E-state index contributed by atoms with van der Waals surface area (Å²) >= 11 is 0. The van der Waals surface area contributed by atoms with E-state index in [1.165, 1.54) is 12.8 Å². The molecule has 1 amide bonds. The van der Waals surface area contributed by atoms with Crippen LogP contribution in [0.25, 0.3) is 0 Å². The molecule has 2 aromatic heterocycles. The van der Waals surface area contributed by atoms with E-state index in [-0.39, 0.29) is 11.9 Å². The van der Waals surface area contributed by atoms with Crippen molar-refractivity contribution >= 4 is 5.91 Å². The summed E-state index contributed by atoms with van der Waals surface area (Å²) < 4.78 is 5.62. The van der Waals surface area contributed by atoms with Crippen molar-refractivity contribution in [2.45, 2.75) is 39.3 Å². The molecule has 5 nitrogen and oxygen atoms in total. The van der Waals surface area contributed by atoms with Crippen LogP contribution in [0.15, 0.2) is 42.9 Å². The van der Waals surface area contributed by atoms with E-state index in [4.69, 9.17) is 4.74 Å². The van der Waals surface area contributed by atoms with Gasteiger partial charge in [-0.25, -0.2) is 4.98 Å². The predicted molar refractivity (Wildman–Crippen MR) is 91.7 cm³/mol. The molecule has 0 radical (unpaired) electrons. The van der Waals surface area contributed by atoms with Crippen molar-refractivity contribution in [3.63, 3.8) is 0 Å². The number of hydrogen-bond donors (Lipinski definition) is 0. The Kier molecular flexibility index (Phi) is 5.08. The minimum atomic E-state index is -0.0323. The quantitative estimate of drug-likeness (QED) is 0.783. The molecule has 126 valence electrons. The molecular formula is C19H23N3O2. The number of rotatable bonds is 7. The van der Waals surface area contributed by atoms with E-state index in [0.29, 0.717) is 23.9 Å². The first-order valence-electron chi connectivity index (χ1n) is 8.42. The molecule has 1 aliphatic carbocycles. The molecule has 0 aromatic carbocycles. The summed E-state index contributed by atoms with van der Waals surface area (Å²) in [6.07, 6.45) is 7.61. The summed E-state index contributed by atoms with van der Waals surface area (Å²) in [7, 11) is 0. The van der Waals surface area contributed by atoms with Crippen molar-refractivity contribution in [2.24, 2.45) is 5.92 Å². The molecule has 2 heterocycles. The lowest BCUT2D eigenvalue weighted by atomic mass is 10.1. The van der Waals surface area contributed by atoms with Crippen LogP contribution in [-0.4, -0.2) is 33.4 Å². The second kappa shape index (κ2) is 7.43. The number of carbonyl (C=O) groups is 1. The zero-order valence-electron chi connectivity index (χ0n) is 14.2. The average Bonchev–Trinajstić information content (AvgIpc) is 3.43. The Morgan fingerprint density at radius 2 is 2.12 bits per heavy atom. The van der Waals surface area contributed by atoms with Crippen LogP contribution in [-0.2, 0) is 6.54 Å². The fraction of sp³-hybridized carbons (Fsp3) is 0.421. The van der Waals surface area contributed by atoms with E-state index in [1.807, 2.05) is 30.9 Å². The Hall–Kier alpha value is -2.43. The third-order valence-electron chi connectivity index (χ3n) is 4.11. The van der Waals surface area contributed by atoms with Gasteiger partial charge in [0, 0.05) is 37.2 Å². The normalized spacial score (nSPS) is 13.8. The van der Waals surface area contributed by atoms with E-state index >= 15 is 0 Å². The average molecular weight is 325 g/mol. The Balaban J connectivity index is 1.67. The Morgan fingerprint density at radius 1 is 1.29 bits per heavy atom. The summed E-state index contributed by atoms with van der Waals surface area (Å²) in [6.45, 7) is 5.27. The Morgan fingerprint density at radius 3 is 2.71 bits per heavy atom. The second-order valence-electron chi connectivity index (χ2n) is 6.53. The van der Waals surface area contributed by atoms with E-state index in [1.54, 1.807) is 30.7 Å². The van der Waals surface area contributed by atoms with Gasteiger partial charge in [0.1, 0.15) is 0 Å². The number of amides is 1. The first-order valence-corrected chi connectivity index (χ1v) is 8.42. The minimum absolute atomic E-state index is 0.0323. The summed E-state index contributed by atoms with van der Waals surface area (Å²) in [4.78, 5) is 23.0. The number of pyridine rings is 2. The van der Waals surface area contributed by atoms with Gasteiger partial charge in [-0.05, 0) is 50.3 Å². The van der Waals surface area contributed by atoms with Gasteiger partial charge in [0.15, 0.2) is 0 Å². The smallest absolute Gasteiger partial charge is 0.255 e. The fourth-order valence-corrected chi connectivity index (χ4v) is 2.42. The van der Waals surface area contributed by atoms with E-state index in [0.717, 1.165) is 12.2 Å². The highest BCUT2D eigenvalue weighted by Gasteiger charge is 2.22. The highest BCUT2D eigenvalue weighted by Crippen LogP contribution is 2.29. The van der Waals surface area contributed by atoms with Crippen LogP contribution < -0.4 is 4.74 Å². The molecule has 0 bridgehead atoms. The maximum Gasteiger partial charge on any atom is 0.255 e. The topological polar surface area (TPSA) is 55.3 Å². The molecule has 1 fully saturated rings. The van der Waals surface area contributed by atoms with Gasteiger partial charge < -0.3 is 9.64 Å².